The number of amides is 1. The van der Waals surface area contributed by atoms with E-state index in [2.05, 4.69) is 0 Å². The minimum atomic E-state index is -0.929. The number of halogens is 1. The first-order chi connectivity index (χ1) is 12.9. The fourth-order valence-electron chi connectivity index (χ4n) is 3.87. The number of hydrogen-bond acceptors (Lipinski definition) is 4. The summed E-state index contributed by atoms with van der Waals surface area (Å²) in [7, 11) is 0. The van der Waals surface area contributed by atoms with Gasteiger partial charge in [0.05, 0.1) is 23.6 Å². The Bertz CT molecular complexity index is 1130. The highest BCUT2D eigenvalue weighted by atomic mass is 19.1. The van der Waals surface area contributed by atoms with Crippen molar-refractivity contribution in [3.63, 3.8) is 0 Å². The van der Waals surface area contributed by atoms with Crippen LogP contribution in [0.1, 0.15) is 38.9 Å². The van der Waals surface area contributed by atoms with Crippen LogP contribution in [0.5, 0.6) is 0 Å². The van der Waals surface area contributed by atoms with Crippen molar-refractivity contribution in [3.05, 3.63) is 80.5 Å². The maximum absolute atomic E-state index is 14.5. The molecular formula is C21H18FNO4. The highest BCUT2D eigenvalue weighted by molar-refractivity contribution is 5.99. The zero-order valence-electron chi connectivity index (χ0n) is 15.0. The van der Waals surface area contributed by atoms with Crippen molar-refractivity contribution in [2.24, 2.45) is 0 Å². The van der Waals surface area contributed by atoms with Crippen LogP contribution in [0.25, 0.3) is 11.0 Å². The van der Waals surface area contributed by atoms with E-state index in [1.165, 1.54) is 11.0 Å². The number of aliphatic hydroxyl groups excluding tert-OH is 1. The second-order valence-corrected chi connectivity index (χ2v) is 6.78. The first-order valence-corrected chi connectivity index (χ1v) is 8.68. The molecule has 1 aliphatic rings. The molecule has 1 amide bonds. The normalized spacial score (nSPS) is 16.2. The summed E-state index contributed by atoms with van der Waals surface area (Å²) in [6.07, 6.45) is 0. The van der Waals surface area contributed by atoms with E-state index in [1.807, 2.05) is 13.0 Å². The summed E-state index contributed by atoms with van der Waals surface area (Å²) in [5.41, 5.74) is 1.97. The van der Waals surface area contributed by atoms with E-state index in [1.54, 1.807) is 31.2 Å². The molecule has 0 unspecified atom stereocenters. The van der Waals surface area contributed by atoms with E-state index in [-0.39, 0.29) is 35.5 Å². The summed E-state index contributed by atoms with van der Waals surface area (Å²) >= 11 is 0. The van der Waals surface area contributed by atoms with Crippen LogP contribution in [-0.2, 0) is 0 Å². The van der Waals surface area contributed by atoms with Gasteiger partial charge in [-0.3, -0.25) is 9.59 Å². The zero-order valence-corrected chi connectivity index (χ0v) is 15.0. The number of hydrogen-bond donors (Lipinski definition) is 1. The average Bonchev–Trinajstić information content (AvgIpc) is 2.88. The lowest BCUT2D eigenvalue weighted by Crippen LogP contribution is -2.32. The largest absolute Gasteiger partial charge is 0.450 e. The molecular weight excluding hydrogens is 349 g/mol. The minimum Gasteiger partial charge on any atom is -0.450 e. The highest BCUT2D eigenvalue weighted by Gasteiger charge is 2.43. The Labute approximate surface area is 154 Å². The SMILES string of the molecule is Cc1cc(C)c2c(=O)c3c(oc2c1)C(=O)N(CCO)[C@H]3c1ccccc1F. The van der Waals surface area contributed by atoms with Crippen LogP contribution < -0.4 is 5.43 Å². The van der Waals surface area contributed by atoms with Crippen molar-refractivity contribution in [2.75, 3.05) is 13.2 Å². The van der Waals surface area contributed by atoms with Gasteiger partial charge in [0.15, 0.2) is 5.43 Å². The molecule has 0 saturated heterocycles. The number of aryl methyl sites for hydroxylation is 2. The molecule has 0 aliphatic carbocycles. The van der Waals surface area contributed by atoms with Crippen LogP contribution in [0.15, 0.2) is 45.6 Å². The predicted octanol–water partition coefficient (Wildman–Crippen LogP) is 3.09. The quantitative estimate of drug-likeness (QED) is 0.772. The Kier molecular flexibility index (Phi) is 4.08. The first kappa shape index (κ1) is 17.4. The molecule has 1 aromatic heterocycles. The fourth-order valence-corrected chi connectivity index (χ4v) is 3.87. The van der Waals surface area contributed by atoms with E-state index in [9.17, 15) is 19.1 Å². The standard InChI is InChI=1S/C21H18FNO4/c1-11-9-12(2)16-15(10-11)27-20-17(19(16)25)18(23(7-8-24)21(20)26)13-5-3-4-6-14(13)22/h3-6,9-10,18,24H,7-8H2,1-2H3/t18-/m0/s1. The number of carbonyl (C=O) groups excluding carboxylic acids is 1. The van der Waals surface area contributed by atoms with Crippen LogP contribution in [-0.4, -0.2) is 29.1 Å². The Balaban J connectivity index is 2.08. The van der Waals surface area contributed by atoms with Gasteiger partial charge in [-0.2, -0.15) is 0 Å². The summed E-state index contributed by atoms with van der Waals surface area (Å²) in [6, 6.07) is 8.67. The summed E-state index contributed by atoms with van der Waals surface area (Å²) in [5.74, 6) is -1.13. The number of fused-ring (bicyclic) bond motifs is 2. The summed E-state index contributed by atoms with van der Waals surface area (Å²) in [4.78, 5) is 27.5. The second-order valence-electron chi connectivity index (χ2n) is 6.78. The van der Waals surface area contributed by atoms with E-state index in [0.29, 0.717) is 11.0 Å². The van der Waals surface area contributed by atoms with Crippen molar-refractivity contribution >= 4 is 16.9 Å². The Morgan fingerprint density at radius 3 is 2.63 bits per heavy atom. The molecule has 1 atom stereocenters. The van der Waals surface area contributed by atoms with Gasteiger partial charge in [0.1, 0.15) is 11.4 Å². The van der Waals surface area contributed by atoms with Crippen molar-refractivity contribution in [1.82, 2.24) is 4.90 Å². The molecule has 3 aromatic rings. The lowest BCUT2D eigenvalue weighted by molar-refractivity contribution is 0.0689. The number of aliphatic hydroxyl groups is 1. The molecule has 0 bridgehead atoms. The van der Waals surface area contributed by atoms with Crippen LogP contribution in [0.2, 0.25) is 0 Å². The number of carbonyl (C=O) groups is 1. The summed E-state index contributed by atoms with van der Waals surface area (Å²) in [5, 5.41) is 9.79. The fraction of sp³-hybridized carbons (Fsp3) is 0.238. The van der Waals surface area contributed by atoms with Crippen molar-refractivity contribution in [1.29, 1.82) is 0 Å². The third kappa shape index (κ3) is 2.56. The van der Waals surface area contributed by atoms with E-state index in [4.69, 9.17) is 4.42 Å². The van der Waals surface area contributed by atoms with Crippen molar-refractivity contribution in [2.45, 2.75) is 19.9 Å². The third-order valence-corrected chi connectivity index (χ3v) is 4.95. The Morgan fingerprint density at radius 2 is 1.93 bits per heavy atom. The van der Waals surface area contributed by atoms with Crippen LogP contribution in [0, 0.1) is 19.7 Å². The van der Waals surface area contributed by atoms with Gasteiger partial charge in [-0.1, -0.05) is 24.3 Å². The molecule has 2 heterocycles. The molecule has 1 aliphatic heterocycles. The average molecular weight is 367 g/mol. The van der Waals surface area contributed by atoms with Gasteiger partial charge < -0.3 is 14.4 Å². The van der Waals surface area contributed by atoms with Crippen LogP contribution >= 0.6 is 0 Å². The summed E-state index contributed by atoms with van der Waals surface area (Å²) in [6.45, 7) is 3.34. The third-order valence-electron chi connectivity index (χ3n) is 4.95. The predicted molar refractivity (Wildman–Crippen MR) is 98.3 cm³/mol. The lowest BCUT2D eigenvalue weighted by Gasteiger charge is -2.24. The smallest absolute Gasteiger partial charge is 0.290 e. The van der Waals surface area contributed by atoms with Gasteiger partial charge >= 0.3 is 0 Å². The van der Waals surface area contributed by atoms with Gasteiger partial charge in [0.2, 0.25) is 5.76 Å². The highest BCUT2D eigenvalue weighted by Crippen LogP contribution is 2.39. The number of benzene rings is 2. The number of β-amino-alcohol motifs (C(OH)–C–C–N with tert-alkyl or cyclic N) is 1. The molecule has 1 N–H and O–H groups in total. The number of nitrogens with zero attached hydrogens (tertiary/aromatic N) is 1. The Hall–Kier alpha value is -2.99. The topological polar surface area (TPSA) is 70.8 Å². The molecule has 27 heavy (non-hydrogen) atoms. The Morgan fingerprint density at radius 1 is 1.19 bits per heavy atom. The lowest BCUT2D eigenvalue weighted by atomic mass is 9.96. The molecule has 5 nitrogen and oxygen atoms in total. The monoisotopic (exact) mass is 367 g/mol. The van der Waals surface area contributed by atoms with Crippen LogP contribution in [0.4, 0.5) is 4.39 Å². The molecule has 6 heteroatoms. The van der Waals surface area contributed by atoms with E-state index >= 15 is 0 Å². The second kappa shape index (κ2) is 6.32. The first-order valence-electron chi connectivity index (χ1n) is 8.68. The van der Waals surface area contributed by atoms with Gasteiger partial charge in [0, 0.05) is 12.1 Å². The van der Waals surface area contributed by atoms with Crippen LogP contribution in [0.3, 0.4) is 0 Å². The van der Waals surface area contributed by atoms with Crippen molar-refractivity contribution < 1.29 is 18.7 Å². The number of rotatable bonds is 3. The molecule has 0 fully saturated rings. The molecule has 138 valence electrons. The molecule has 0 saturated carbocycles. The molecule has 2 aromatic carbocycles. The van der Waals surface area contributed by atoms with Gasteiger partial charge in [-0.15, -0.1) is 0 Å². The van der Waals surface area contributed by atoms with Gasteiger partial charge in [-0.05, 0) is 37.1 Å². The van der Waals surface area contributed by atoms with E-state index < -0.39 is 17.8 Å². The molecule has 4 rings (SSSR count). The summed E-state index contributed by atoms with van der Waals surface area (Å²) < 4.78 is 20.4. The maximum Gasteiger partial charge on any atom is 0.290 e. The molecule has 0 radical (unpaired) electrons. The van der Waals surface area contributed by atoms with Crippen molar-refractivity contribution in [3.8, 4) is 0 Å². The van der Waals surface area contributed by atoms with Gasteiger partial charge in [0.25, 0.3) is 5.91 Å². The minimum absolute atomic E-state index is 0.0319. The maximum atomic E-state index is 14.5. The van der Waals surface area contributed by atoms with Gasteiger partial charge in [-0.25, -0.2) is 4.39 Å². The molecule has 0 spiro atoms. The zero-order chi connectivity index (χ0) is 19.3. The van der Waals surface area contributed by atoms with E-state index in [0.717, 1.165) is 11.1 Å².